The molecule has 0 N–H and O–H groups in total. The van der Waals surface area contributed by atoms with Gasteiger partial charge in [0.05, 0.1) is 12.3 Å². The first-order chi connectivity index (χ1) is 14.7. The van der Waals surface area contributed by atoms with Gasteiger partial charge in [-0.3, -0.25) is 4.90 Å². The van der Waals surface area contributed by atoms with Gasteiger partial charge in [-0.05, 0) is 64.7 Å². The molecule has 2 aromatic rings. The van der Waals surface area contributed by atoms with Gasteiger partial charge in [0.2, 0.25) is 0 Å². The first kappa shape index (κ1) is 24.4. The van der Waals surface area contributed by atoms with E-state index in [0.717, 1.165) is 30.4 Å². The number of carbonyl (C=O) groups is 2. The van der Waals surface area contributed by atoms with Crippen LogP contribution in [-0.4, -0.2) is 30.3 Å². The summed E-state index contributed by atoms with van der Waals surface area (Å²) in [6.07, 6.45) is 2.77. The Labute approximate surface area is 186 Å². The van der Waals surface area contributed by atoms with E-state index in [-0.39, 0.29) is 6.61 Å². The Morgan fingerprint density at radius 3 is 2.23 bits per heavy atom. The molecule has 5 heteroatoms. The van der Waals surface area contributed by atoms with Gasteiger partial charge in [0.15, 0.2) is 0 Å². The summed E-state index contributed by atoms with van der Waals surface area (Å²) in [7, 11) is 0. The number of anilines is 1. The van der Waals surface area contributed by atoms with E-state index in [0.29, 0.717) is 5.69 Å². The lowest BCUT2D eigenvalue weighted by molar-refractivity contribution is -0.144. The van der Waals surface area contributed by atoms with Gasteiger partial charge in [-0.25, -0.2) is 9.59 Å². The van der Waals surface area contributed by atoms with Gasteiger partial charge in [0.25, 0.3) is 0 Å². The summed E-state index contributed by atoms with van der Waals surface area (Å²) in [5.74, 6) is -0.474. The highest BCUT2D eigenvalue weighted by molar-refractivity contribution is 5.99. The van der Waals surface area contributed by atoms with Crippen LogP contribution in [0.1, 0.15) is 59.9 Å². The van der Waals surface area contributed by atoms with Crippen molar-refractivity contribution >= 4 is 17.7 Å². The Morgan fingerprint density at radius 2 is 1.65 bits per heavy atom. The molecule has 0 spiro atoms. The third-order valence-corrected chi connectivity index (χ3v) is 4.85. The molecule has 0 bridgehead atoms. The van der Waals surface area contributed by atoms with E-state index in [1.54, 1.807) is 34.6 Å². The van der Waals surface area contributed by atoms with E-state index in [4.69, 9.17) is 9.47 Å². The van der Waals surface area contributed by atoms with Crippen LogP contribution in [0.5, 0.6) is 0 Å². The van der Waals surface area contributed by atoms with E-state index in [1.165, 1.54) is 10.5 Å². The monoisotopic (exact) mass is 425 g/mol. The van der Waals surface area contributed by atoms with Crippen LogP contribution in [0.25, 0.3) is 11.1 Å². The molecule has 0 aliphatic heterocycles. The van der Waals surface area contributed by atoms with Gasteiger partial charge in [0.1, 0.15) is 11.6 Å². The standard InChI is InChI=1S/C26H35NO4/c1-7-9-12-20-15-17-21(18-16-20)22-13-10-11-14-23(22)27(19(3)24(28)30-8-2)25(29)31-26(4,5)6/h10-11,13-19H,7-9,12H2,1-6H3/t19-/m0/s1. The molecule has 0 saturated carbocycles. The fourth-order valence-electron chi connectivity index (χ4n) is 3.30. The summed E-state index contributed by atoms with van der Waals surface area (Å²) in [4.78, 5) is 27.1. The van der Waals surface area contributed by atoms with E-state index < -0.39 is 23.7 Å². The molecular weight excluding hydrogens is 390 g/mol. The molecule has 168 valence electrons. The highest BCUT2D eigenvalue weighted by atomic mass is 16.6. The molecule has 1 atom stereocenters. The number of unbranched alkanes of at least 4 members (excludes halogenated alkanes) is 1. The van der Waals surface area contributed by atoms with Gasteiger partial charge in [0, 0.05) is 5.56 Å². The average Bonchev–Trinajstić information content (AvgIpc) is 2.72. The second-order valence-electron chi connectivity index (χ2n) is 8.60. The quantitative estimate of drug-likeness (QED) is 0.460. The maximum Gasteiger partial charge on any atom is 0.415 e. The zero-order chi connectivity index (χ0) is 23.0. The molecule has 31 heavy (non-hydrogen) atoms. The van der Waals surface area contributed by atoms with Gasteiger partial charge in [-0.1, -0.05) is 55.8 Å². The molecule has 0 unspecified atom stereocenters. The largest absolute Gasteiger partial charge is 0.464 e. The molecule has 0 heterocycles. The van der Waals surface area contributed by atoms with Gasteiger partial charge >= 0.3 is 12.1 Å². The third kappa shape index (κ3) is 6.84. The zero-order valence-corrected chi connectivity index (χ0v) is 19.6. The van der Waals surface area contributed by atoms with Gasteiger partial charge < -0.3 is 9.47 Å². The van der Waals surface area contributed by atoms with Crippen molar-refractivity contribution in [3.05, 3.63) is 54.1 Å². The van der Waals surface area contributed by atoms with Crippen LogP contribution in [0.2, 0.25) is 0 Å². The fourth-order valence-corrected chi connectivity index (χ4v) is 3.30. The van der Waals surface area contributed by atoms with E-state index in [9.17, 15) is 9.59 Å². The second kappa shape index (κ2) is 11.0. The molecular formula is C26H35NO4. The maximum absolute atomic E-state index is 13.2. The van der Waals surface area contributed by atoms with Crippen LogP contribution in [0.15, 0.2) is 48.5 Å². The van der Waals surface area contributed by atoms with Crippen molar-refractivity contribution in [2.45, 2.75) is 72.4 Å². The van der Waals surface area contributed by atoms with Crippen molar-refractivity contribution in [1.82, 2.24) is 0 Å². The van der Waals surface area contributed by atoms with Crippen LogP contribution in [0.4, 0.5) is 10.5 Å². The van der Waals surface area contributed by atoms with Crippen molar-refractivity contribution in [3.63, 3.8) is 0 Å². The number of rotatable bonds is 8. The molecule has 0 saturated heterocycles. The minimum absolute atomic E-state index is 0.242. The molecule has 0 aliphatic carbocycles. The Balaban J connectivity index is 2.49. The smallest absolute Gasteiger partial charge is 0.415 e. The number of amides is 1. The van der Waals surface area contributed by atoms with Gasteiger partial charge in [-0.15, -0.1) is 0 Å². The van der Waals surface area contributed by atoms with Crippen molar-refractivity contribution < 1.29 is 19.1 Å². The number of benzene rings is 2. The molecule has 0 aromatic heterocycles. The van der Waals surface area contributed by atoms with Crippen molar-refractivity contribution in [2.75, 3.05) is 11.5 Å². The molecule has 0 aliphatic rings. The first-order valence-electron chi connectivity index (χ1n) is 11.0. The van der Waals surface area contributed by atoms with Crippen molar-refractivity contribution in [1.29, 1.82) is 0 Å². The topological polar surface area (TPSA) is 55.8 Å². The second-order valence-corrected chi connectivity index (χ2v) is 8.60. The van der Waals surface area contributed by atoms with Crippen molar-refractivity contribution in [2.24, 2.45) is 0 Å². The number of aryl methyl sites for hydroxylation is 1. The Bertz CT molecular complexity index is 868. The lowest BCUT2D eigenvalue weighted by atomic mass is 9.99. The van der Waals surface area contributed by atoms with Crippen LogP contribution >= 0.6 is 0 Å². The van der Waals surface area contributed by atoms with Gasteiger partial charge in [-0.2, -0.15) is 0 Å². The van der Waals surface area contributed by atoms with Crippen LogP contribution in [-0.2, 0) is 20.7 Å². The molecule has 1 amide bonds. The van der Waals surface area contributed by atoms with E-state index >= 15 is 0 Å². The van der Waals surface area contributed by atoms with E-state index in [1.807, 2.05) is 24.3 Å². The predicted molar refractivity (Wildman–Crippen MR) is 125 cm³/mol. The highest BCUT2D eigenvalue weighted by Crippen LogP contribution is 2.33. The number of hydrogen-bond donors (Lipinski definition) is 0. The number of para-hydroxylation sites is 1. The molecule has 2 aromatic carbocycles. The summed E-state index contributed by atoms with van der Waals surface area (Å²) in [5.41, 5.74) is 3.03. The lowest BCUT2D eigenvalue weighted by Crippen LogP contribution is -2.47. The Kier molecular flexibility index (Phi) is 8.66. The maximum atomic E-state index is 13.2. The minimum Gasteiger partial charge on any atom is -0.464 e. The summed E-state index contributed by atoms with van der Waals surface area (Å²) in [6.45, 7) is 11.2. The van der Waals surface area contributed by atoms with Crippen molar-refractivity contribution in [3.8, 4) is 11.1 Å². The predicted octanol–water partition coefficient (Wildman–Crippen LogP) is 6.39. The lowest BCUT2D eigenvalue weighted by Gasteiger charge is -2.32. The van der Waals surface area contributed by atoms with Crippen LogP contribution in [0, 0.1) is 0 Å². The summed E-state index contributed by atoms with van der Waals surface area (Å²) < 4.78 is 10.8. The summed E-state index contributed by atoms with van der Waals surface area (Å²) >= 11 is 0. The van der Waals surface area contributed by atoms with Crippen LogP contribution < -0.4 is 4.90 Å². The fraction of sp³-hybridized carbons (Fsp3) is 0.462. The Morgan fingerprint density at radius 1 is 1.00 bits per heavy atom. The summed E-state index contributed by atoms with van der Waals surface area (Å²) in [5, 5.41) is 0. The normalized spacial score (nSPS) is 12.2. The number of hydrogen-bond acceptors (Lipinski definition) is 4. The third-order valence-electron chi connectivity index (χ3n) is 4.85. The zero-order valence-electron chi connectivity index (χ0n) is 19.6. The molecule has 5 nitrogen and oxygen atoms in total. The number of nitrogens with zero attached hydrogens (tertiary/aromatic N) is 1. The minimum atomic E-state index is -0.834. The summed E-state index contributed by atoms with van der Waals surface area (Å²) in [6, 6.07) is 15.1. The number of ether oxygens (including phenoxy) is 2. The van der Waals surface area contributed by atoms with E-state index in [2.05, 4.69) is 31.2 Å². The number of carbonyl (C=O) groups excluding carboxylic acids is 2. The number of esters is 1. The average molecular weight is 426 g/mol. The molecule has 2 rings (SSSR count). The SMILES string of the molecule is CCCCc1ccc(-c2ccccc2N(C(=O)OC(C)(C)C)[C@@H](C)C(=O)OCC)cc1. The molecule has 0 radical (unpaired) electrons. The Hall–Kier alpha value is -2.82. The highest BCUT2D eigenvalue weighted by Gasteiger charge is 2.33. The molecule has 0 fully saturated rings. The van der Waals surface area contributed by atoms with Crippen LogP contribution in [0.3, 0.4) is 0 Å². The first-order valence-corrected chi connectivity index (χ1v) is 11.0.